The first-order valence-corrected chi connectivity index (χ1v) is 12.3. The van der Waals surface area contributed by atoms with Crippen LogP contribution in [-0.4, -0.2) is 39.5 Å². The number of hydrogen-bond donors (Lipinski definition) is 2. The van der Waals surface area contributed by atoms with Gasteiger partial charge in [0.25, 0.3) is 5.91 Å². The Balaban J connectivity index is 1.63. The van der Waals surface area contributed by atoms with E-state index in [-0.39, 0.29) is 24.9 Å². The lowest BCUT2D eigenvalue weighted by Crippen LogP contribution is -2.26. The normalized spacial score (nSPS) is 12.4. The fourth-order valence-corrected chi connectivity index (χ4v) is 4.54. The number of carbonyl (C=O) groups excluding carboxylic acids is 1. The quantitative estimate of drug-likeness (QED) is 0.243. The average Bonchev–Trinajstić information content (AvgIpc) is 3.26. The van der Waals surface area contributed by atoms with Gasteiger partial charge in [-0.3, -0.25) is 14.3 Å². The van der Waals surface area contributed by atoms with Crippen molar-refractivity contribution in [2.45, 2.75) is 38.4 Å². The van der Waals surface area contributed by atoms with Crippen molar-refractivity contribution in [3.05, 3.63) is 88.6 Å². The zero-order chi connectivity index (χ0) is 27.4. The summed E-state index contributed by atoms with van der Waals surface area (Å²) in [6.07, 6.45) is -4.05. The maximum absolute atomic E-state index is 13.2. The monoisotopic (exact) mass is 543 g/mol. The van der Waals surface area contributed by atoms with E-state index in [1.807, 2.05) is 37.3 Å². The summed E-state index contributed by atoms with van der Waals surface area (Å²) in [6.45, 7) is 1.93. The Kier molecular flexibility index (Phi) is 8.06. The lowest BCUT2D eigenvalue weighted by molar-refractivity contribution is -0.137. The van der Waals surface area contributed by atoms with Crippen LogP contribution in [0.15, 0.2) is 66.9 Å². The van der Waals surface area contributed by atoms with E-state index in [9.17, 15) is 22.8 Å². The number of aromatic nitrogens is 2. The van der Waals surface area contributed by atoms with Gasteiger partial charge in [0.1, 0.15) is 0 Å². The molecule has 1 aromatic heterocycles. The first-order chi connectivity index (χ1) is 18.0. The van der Waals surface area contributed by atoms with Crippen LogP contribution in [-0.2, 0) is 4.79 Å². The van der Waals surface area contributed by atoms with Crippen LogP contribution in [0, 0.1) is 6.92 Å². The molecule has 10 heteroatoms. The highest BCUT2D eigenvalue weighted by Gasteiger charge is 2.30. The Morgan fingerprint density at radius 2 is 1.82 bits per heavy atom. The standard InChI is InChI=1S/C28H25ClF3N3O3/c1-17-14-22(29)7-8-23(17)20-6-9-24-21(15-20)16-35(34-24)25(10-12-28(30,31)32)18-2-4-19(5-3-18)27(38)33-13-11-26(36)37/h2-9,14-16,25H,10-13H2,1H3,(H,33,38)(H,36,37). The molecule has 1 amide bonds. The highest BCUT2D eigenvalue weighted by Crippen LogP contribution is 2.33. The second-order valence-corrected chi connectivity index (χ2v) is 9.47. The summed E-state index contributed by atoms with van der Waals surface area (Å²) in [7, 11) is 0. The molecule has 1 heterocycles. The SMILES string of the molecule is Cc1cc(Cl)ccc1-c1ccc2nn(C(CCC(F)(F)F)c3ccc(C(=O)NCCC(=O)O)cc3)cc2c1. The number of carboxylic acids is 1. The lowest BCUT2D eigenvalue weighted by atomic mass is 9.99. The molecule has 4 rings (SSSR count). The fourth-order valence-electron chi connectivity index (χ4n) is 4.32. The smallest absolute Gasteiger partial charge is 0.389 e. The minimum Gasteiger partial charge on any atom is -0.481 e. The van der Waals surface area contributed by atoms with Crippen LogP contribution < -0.4 is 5.32 Å². The number of carbonyl (C=O) groups is 2. The predicted octanol–water partition coefficient (Wildman–Crippen LogP) is 6.80. The zero-order valence-corrected chi connectivity index (χ0v) is 21.2. The van der Waals surface area contributed by atoms with Gasteiger partial charge in [0.05, 0.1) is 18.0 Å². The Morgan fingerprint density at radius 1 is 1.08 bits per heavy atom. The van der Waals surface area contributed by atoms with Crippen molar-refractivity contribution in [1.29, 1.82) is 0 Å². The number of carboxylic acid groups (broad SMARTS) is 1. The zero-order valence-electron chi connectivity index (χ0n) is 20.4. The van der Waals surface area contributed by atoms with E-state index >= 15 is 0 Å². The molecule has 1 atom stereocenters. The summed E-state index contributed by atoms with van der Waals surface area (Å²) < 4.78 is 41.0. The maximum Gasteiger partial charge on any atom is 0.389 e. The molecule has 0 radical (unpaired) electrons. The summed E-state index contributed by atoms with van der Waals surface area (Å²) in [6, 6.07) is 16.8. The topological polar surface area (TPSA) is 84.2 Å². The van der Waals surface area contributed by atoms with Crippen molar-refractivity contribution >= 4 is 34.4 Å². The molecule has 3 aromatic carbocycles. The maximum atomic E-state index is 13.2. The number of rotatable bonds is 9. The van der Waals surface area contributed by atoms with Crippen molar-refractivity contribution < 1.29 is 27.9 Å². The predicted molar refractivity (Wildman–Crippen MR) is 139 cm³/mol. The van der Waals surface area contributed by atoms with E-state index in [1.54, 1.807) is 24.4 Å². The molecular formula is C28H25ClF3N3O3. The summed E-state index contributed by atoms with van der Waals surface area (Å²) in [5, 5.41) is 17.2. The van der Waals surface area contributed by atoms with Gasteiger partial charge in [-0.15, -0.1) is 0 Å². The van der Waals surface area contributed by atoms with Gasteiger partial charge in [0.2, 0.25) is 0 Å². The number of nitrogens with zero attached hydrogens (tertiary/aromatic N) is 2. The minimum absolute atomic E-state index is 0.0263. The molecule has 4 aromatic rings. The molecule has 0 aliphatic heterocycles. The Hall–Kier alpha value is -3.85. The molecule has 0 fully saturated rings. The van der Waals surface area contributed by atoms with Crippen LogP contribution in [0.1, 0.15) is 46.8 Å². The number of alkyl halides is 3. The van der Waals surface area contributed by atoms with Gasteiger partial charge >= 0.3 is 12.1 Å². The third-order valence-corrected chi connectivity index (χ3v) is 6.46. The Bertz CT molecular complexity index is 1470. The molecule has 198 valence electrons. The summed E-state index contributed by atoms with van der Waals surface area (Å²) in [4.78, 5) is 22.9. The molecule has 6 nitrogen and oxygen atoms in total. The Morgan fingerprint density at radius 3 is 2.47 bits per heavy atom. The van der Waals surface area contributed by atoms with Crippen LogP contribution in [0.4, 0.5) is 13.2 Å². The number of benzene rings is 3. The molecule has 0 spiro atoms. The molecule has 38 heavy (non-hydrogen) atoms. The van der Waals surface area contributed by atoms with E-state index in [1.165, 1.54) is 16.8 Å². The van der Waals surface area contributed by atoms with E-state index in [0.717, 1.165) is 22.1 Å². The second-order valence-electron chi connectivity index (χ2n) is 9.03. The number of aliphatic carboxylic acids is 1. The van der Waals surface area contributed by atoms with Gasteiger partial charge in [-0.2, -0.15) is 18.3 Å². The number of aryl methyl sites for hydroxylation is 1. The number of fused-ring (bicyclic) bond motifs is 1. The number of halogens is 4. The first-order valence-electron chi connectivity index (χ1n) is 11.9. The van der Waals surface area contributed by atoms with Crippen LogP contribution in [0.3, 0.4) is 0 Å². The number of nitrogens with one attached hydrogen (secondary N) is 1. The van der Waals surface area contributed by atoms with Crippen molar-refractivity contribution in [2.75, 3.05) is 6.54 Å². The fraction of sp³-hybridized carbons (Fsp3) is 0.250. The molecule has 0 saturated heterocycles. The van der Waals surface area contributed by atoms with Crippen LogP contribution in [0.25, 0.3) is 22.0 Å². The summed E-state index contributed by atoms with van der Waals surface area (Å²) in [5.41, 5.74) is 4.43. The average molecular weight is 544 g/mol. The third kappa shape index (κ3) is 6.72. The van der Waals surface area contributed by atoms with Crippen molar-refractivity contribution in [1.82, 2.24) is 15.1 Å². The Labute approximate surface area is 222 Å². The van der Waals surface area contributed by atoms with E-state index in [2.05, 4.69) is 10.4 Å². The van der Waals surface area contributed by atoms with Crippen LogP contribution in [0.2, 0.25) is 5.02 Å². The van der Waals surface area contributed by atoms with Crippen molar-refractivity contribution in [2.24, 2.45) is 0 Å². The molecule has 0 bridgehead atoms. The van der Waals surface area contributed by atoms with Crippen molar-refractivity contribution in [3.8, 4) is 11.1 Å². The first kappa shape index (κ1) is 27.2. The van der Waals surface area contributed by atoms with Crippen molar-refractivity contribution in [3.63, 3.8) is 0 Å². The molecule has 0 aliphatic carbocycles. The summed E-state index contributed by atoms with van der Waals surface area (Å²) >= 11 is 6.08. The van der Waals surface area contributed by atoms with Gasteiger partial charge in [0, 0.05) is 35.1 Å². The minimum atomic E-state index is -4.34. The number of amides is 1. The van der Waals surface area contributed by atoms with E-state index in [4.69, 9.17) is 16.7 Å². The molecule has 0 saturated carbocycles. The lowest BCUT2D eigenvalue weighted by Gasteiger charge is -2.19. The number of hydrogen-bond acceptors (Lipinski definition) is 3. The van der Waals surface area contributed by atoms with Gasteiger partial charge < -0.3 is 10.4 Å². The van der Waals surface area contributed by atoms with Crippen LogP contribution in [0.5, 0.6) is 0 Å². The van der Waals surface area contributed by atoms with Gasteiger partial charge in [-0.1, -0.05) is 35.9 Å². The van der Waals surface area contributed by atoms with Crippen LogP contribution >= 0.6 is 11.6 Å². The van der Waals surface area contributed by atoms with E-state index in [0.29, 0.717) is 16.1 Å². The summed E-state index contributed by atoms with van der Waals surface area (Å²) in [5.74, 6) is -1.49. The highest BCUT2D eigenvalue weighted by atomic mass is 35.5. The molecule has 2 N–H and O–H groups in total. The largest absolute Gasteiger partial charge is 0.481 e. The highest BCUT2D eigenvalue weighted by molar-refractivity contribution is 6.30. The van der Waals surface area contributed by atoms with Gasteiger partial charge in [-0.05, 0) is 72.0 Å². The molecular weight excluding hydrogens is 519 g/mol. The molecule has 1 unspecified atom stereocenters. The van der Waals surface area contributed by atoms with Gasteiger partial charge in [0.15, 0.2) is 0 Å². The molecule has 0 aliphatic rings. The van der Waals surface area contributed by atoms with Gasteiger partial charge in [-0.25, -0.2) is 0 Å². The third-order valence-electron chi connectivity index (χ3n) is 6.22. The second kappa shape index (κ2) is 11.3. The van der Waals surface area contributed by atoms with E-state index < -0.39 is 30.5 Å².